The van der Waals surface area contributed by atoms with E-state index in [2.05, 4.69) is 0 Å². The Hall–Kier alpha value is -2.28. The quantitative estimate of drug-likeness (QED) is 0.774. The van der Waals surface area contributed by atoms with Crippen molar-refractivity contribution in [2.45, 2.75) is 11.7 Å². The van der Waals surface area contributed by atoms with Gasteiger partial charge >= 0.3 is 0 Å². The summed E-state index contributed by atoms with van der Waals surface area (Å²) in [5.41, 5.74) is 0.843. The fraction of sp³-hybridized carbons (Fsp3) is 0.350. The van der Waals surface area contributed by atoms with Gasteiger partial charge in [-0.2, -0.15) is 11.8 Å². The third kappa shape index (κ3) is 3.74. The fourth-order valence-corrected chi connectivity index (χ4v) is 4.64. The number of hydrogen-bond donors (Lipinski definition) is 0. The van der Waals surface area contributed by atoms with Gasteiger partial charge < -0.3 is 14.4 Å². The largest absolute Gasteiger partial charge is 0.486 e. The summed E-state index contributed by atoms with van der Waals surface area (Å²) >= 11 is 1.55. The maximum absolute atomic E-state index is 14.1. The number of benzene rings is 2. The summed E-state index contributed by atoms with van der Waals surface area (Å²) in [7, 11) is 0. The van der Waals surface area contributed by atoms with Crippen LogP contribution in [0.4, 0.5) is 8.78 Å². The first-order chi connectivity index (χ1) is 13.1. The lowest BCUT2D eigenvalue weighted by Gasteiger charge is -2.24. The van der Waals surface area contributed by atoms with E-state index in [0.717, 1.165) is 12.1 Å². The Balaban J connectivity index is 1.52. The minimum atomic E-state index is -0.447. The van der Waals surface area contributed by atoms with Gasteiger partial charge in [0.05, 0.1) is 5.56 Å². The second-order valence-corrected chi connectivity index (χ2v) is 7.75. The standard InChI is InChI=1S/C20H19F2NO3S/c21-13-4-5-16(22)15(12-13)18-6-7-23(8-11-27-18)20(24)14-2-1-3-17-19(14)26-10-9-25-17/h1-5,12,18H,6-11H2/t18-/m1/s1. The van der Waals surface area contributed by atoms with Crippen molar-refractivity contribution in [1.82, 2.24) is 4.90 Å². The molecule has 1 atom stereocenters. The summed E-state index contributed by atoms with van der Waals surface area (Å²) < 4.78 is 38.8. The zero-order chi connectivity index (χ0) is 18.8. The Morgan fingerprint density at radius 2 is 1.96 bits per heavy atom. The number of fused-ring (bicyclic) bond motifs is 1. The van der Waals surface area contributed by atoms with Crippen LogP contribution in [-0.2, 0) is 0 Å². The molecule has 4 nitrogen and oxygen atoms in total. The number of amides is 1. The topological polar surface area (TPSA) is 38.8 Å². The van der Waals surface area contributed by atoms with E-state index in [4.69, 9.17) is 9.47 Å². The highest BCUT2D eigenvalue weighted by Crippen LogP contribution is 2.38. The molecule has 2 aromatic carbocycles. The lowest BCUT2D eigenvalue weighted by molar-refractivity contribution is 0.0756. The van der Waals surface area contributed by atoms with Crippen molar-refractivity contribution in [2.75, 3.05) is 32.1 Å². The van der Waals surface area contributed by atoms with Crippen molar-refractivity contribution in [2.24, 2.45) is 0 Å². The summed E-state index contributed by atoms with van der Waals surface area (Å²) in [4.78, 5) is 14.8. The van der Waals surface area contributed by atoms with Crippen LogP contribution in [0.25, 0.3) is 0 Å². The molecule has 142 valence electrons. The molecule has 27 heavy (non-hydrogen) atoms. The van der Waals surface area contributed by atoms with Crippen LogP contribution in [0.2, 0.25) is 0 Å². The Bertz CT molecular complexity index is 861. The minimum Gasteiger partial charge on any atom is -0.486 e. The van der Waals surface area contributed by atoms with E-state index in [-0.39, 0.29) is 11.2 Å². The molecule has 2 heterocycles. The smallest absolute Gasteiger partial charge is 0.257 e. The molecule has 7 heteroatoms. The maximum atomic E-state index is 14.1. The van der Waals surface area contributed by atoms with Crippen molar-refractivity contribution in [3.8, 4) is 11.5 Å². The molecule has 1 amide bonds. The van der Waals surface area contributed by atoms with Gasteiger partial charge in [0.1, 0.15) is 24.8 Å². The predicted octanol–water partition coefficient (Wildman–Crippen LogP) is 4.06. The van der Waals surface area contributed by atoms with Gasteiger partial charge in [-0.15, -0.1) is 0 Å². The predicted molar refractivity (Wildman–Crippen MR) is 99.5 cm³/mol. The van der Waals surface area contributed by atoms with Gasteiger partial charge in [0.15, 0.2) is 11.5 Å². The number of halogens is 2. The number of rotatable bonds is 2. The lowest BCUT2D eigenvalue weighted by atomic mass is 10.1. The van der Waals surface area contributed by atoms with Crippen LogP contribution in [0.1, 0.15) is 27.6 Å². The minimum absolute atomic E-state index is 0.127. The molecule has 1 saturated heterocycles. The number of carbonyl (C=O) groups excluding carboxylic acids is 1. The molecule has 0 bridgehead atoms. The molecule has 0 aliphatic carbocycles. The molecule has 2 aliphatic heterocycles. The van der Waals surface area contributed by atoms with Crippen molar-refractivity contribution < 1.29 is 23.0 Å². The monoisotopic (exact) mass is 391 g/mol. The van der Waals surface area contributed by atoms with Crippen molar-refractivity contribution in [3.63, 3.8) is 0 Å². The van der Waals surface area contributed by atoms with Crippen molar-refractivity contribution in [3.05, 3.63) is 59.2 Å². The van der Waals surface area contributed by atoms with Gasteiger partial charge in [-0.1, -0.05) is 6.07 Å². The first-order valence-corrected chi connectivity index (χ1v) is 9.93. The van der Waals surface area contributed by atoms with Gasteiger partial charge in [-0.3, -0.25) is 4.79 Å². The molecule has 0 saturated carbocycles. The van der Waals surface area contributed by atoms with Gasteiger partial charge in [0, 0.05) is 29.7 Å². The molecule has 0 spiro atoms. The van der Waals surface area contributed by atoms with Crippen LogP contribution < -0.4 is 9.47 Å². The van der Waals surface area contributed by atoms with E-state index < -0.39 is 11.6 Å². The normalized spacial score (nSPS) is 19.5. The van der Waals surface area contributed by atoms with E-state index in [1.807, 2.05) is 0 Å². The van der Waals surface area contributed by atoms with Gasteiger partial charge in [-0.25, -0.2) is 8.78 Å². The van der Waals surface area contributed by atoms with E-state index in [1.165, 1.54) is 6.07 Å². The highest BCUT2D eigenvalue weighted by Gasteiger charge is 2.28. The Morgan fingerprint density at radius 3 is 2.85 bits per heavy atom. The number of para-hydroxylation sites is 1. The summed E-state index contributed by atoms with van der Waals surface area (Å²) in [6.45, 7) is 1.89. The van der Waals surface area contributed by atoms with E-state index in [9.17, 15) is 13.6 Å². The molecular weight excluding hydrogens is 372 g/mol. The summed E-state index contributed by atoms with van der Waals surface area (Å²) in [5.74, 6) is 0.736. The van der Waals surface area contributed by atoms with Gasteiger partial charge in [0.25, 0.3) is 5.91 Å². The number of carbonyl (C=O) groups is 1. The second kappa shape index (κ2) is 7.76. The fourth-order valence-electron chi connectivity index (χ4n) is 3.40. The molecule has 0 aromatic heterocycles. The van der Waals surface area contributed by atoms with Gasteiger partial charge in [-0.05, 0) is 36.8 Å². The SMILES string of the molecule is O=C(c1cccc2c1OCCO2)N1CCS[C@@H](c2cc(F)ccc2F)CC1. The number of ether oxygens (including phenoxy) is 2. The molecule has 4 rings (SSSR count). The average molecular weight is 391 g/mol. The van der Waals surface area contributed by atoms with Crippen LogP contribution in [0.5, 0.6) is 11.5 Å². The molecular formula is C20H19F2NO3S. The summed E-state index contributed by atoms with van der Waals surface area (Å²) in [5, 5.41) is -0.178. The van der Waals surface area contributed by atoms with Crippen LogP contribution in [-0.4, -0.2) is 42.9 Å². The molecule has 2 aliphatic rings. The zero-order valence-corrected chi connectivity index (χ0v) is 15.4. The molecule has 0 N–H and O–H groups in total. The first kappa shape index (κ1) is 18.1. The van der Waals surface area contributed by atoms with Crippen molar-refractivity contribution in [1.29, 1.82) is 0 Å². The van der Waals surface area contributed by atoms with Crippen LogP contribution >= 0.6 is 11.8 Å². The molecule has 2 aromatic rings. The highest BCUT2D eigenvalue weighted by molar-refractivity contribution is 7.99. The molecule has 1 fully saturated rings. The molecule has 0 unspecified atom stereocenters. The Labute approximate surface area is 160 Å². The third-order valence-corrected chi connectivity index (χ3v) is 6.04. The Morgan fingerprint density at radius 1 is 1.11 bits per heavy atom. The van der Waals surface area contributed by atoms with Crippen LogP contribution in [0, 0.1) is 11.6 Å². The summed E-state index contributed by atoms with van der Waals surface area (Å²) in [6.07, 6.45) is 0.559. The van der Waals surface area contributed by atoms with E-state index in [0.29, 0.717) is 61.1 Å². The number of thioether (sulfide) groups is 1. The Kier molecular flexibility index (Phi) is 5.20. The maximum Gasteiger partial charge on any atom is 0.257 e. The average Bonchev–Trinajstić information content (AvgIpc) is 2.95. The van der Waals surface area contributed by atoms with Crippen LogP contribution in [0.3, 0.4) is 0 Å². The summed E-state index contributed by atoms with van der Waals surface area (Å²) in [6, 6.07) is 8.83. The molecule has 0 radical (unpaired) electrons. The zero-order valence-electron chi connectivity index (χ0n) is 14.6. The van der Waals surface area contributed by atoms with Gasteiger partial charge in [0.2, 0.25) is 0 Å². The van der Waals surface area contributed by atoms with E-state index >= 15 is 0 Å². The number of nitrogens with zero attached hydrogens (tertiary/aromatic N) is 1. The first-order valence-electron chi connectivity index (χ1n) is 8.88. The van der Waals surface area contributed by atoms with Crippen LogP contribution in [0.15, 0.2) is 36.4 Å². The number of hydrogen-bond acceptors (Lipinski definition) is 4. The third-order valence-electron chi connectivity index (χ3n) is 4.73. The van der Waals surface area contributed by atoms with Crippen molar-refractivity contribution >= 4 is 17.7 Å². The highest BCUT2D eigenvalue weighted by atomic mass is 32.2. The lowest BCUT2D eigenvalue weighted by Crippen LogP contribution is -2.33. The second-order valence-electron chi connectivity index (χ2n) is 6.44. The van der Waals surface area contributed by atoms with E-state index in [1.54, 1.807) is 34.9 Å².